The molecule has 1 aliphatic rings. The van der Waals surface area contributed by atoms with Crippen LogP contribution in [0.2, 0.25) is 0 Å². The van der Waals surface area contributed by atoms with Crippen LogP contribution in [0, 0.1) is 0 Å². The highest BCUT2D eigenvalue weighted by molar-refractivity contribution is 7.47. The summed E-state index contributed by atoms with van der Waals surface area (Å²) in [4.78, 5) is 12.3. The topological polar surface area (TPSA) is 127 Å². The standard InChI is InChI=1S/C16H24N5O5P/c1-4-16(23-10-27(24-5-2)25-6-3)7-11(22)15(26-16)21-9-20-12-13(17)18-8-19-14(12)21/h4,8-9,11,15,22H,1,5-7,10H2,2-3H3,(H2,17,18,19). The molecule has 3 atom stereocenters. The minimum atomic E-state index is -1.21. The molecule has 148 valence electrons. The Morgan fingerprint density at radius 2 is 2.15 bits per heavy atom. The Kier molecular flexibility index (Phi) is 6.36. The van der Waals surface area contributed by atoms with Gasteiger partial charge >= 0.3 is 0 Å². The number of rotatable bonds is 9. The number of nitrogen functional groups attached to an aromatic ring is 1. The molecule has 3 unspecified atom stereocenters. The van der Waals surface area contributed by atoms with Gasteiger partial charge in [-0.15, -0.1) is 0 Å². The van der Waals surface area contributed by atoms with Crippen LogP contribution in [-0.2, 0) is 18.5 Å². The SMILES string of the molecule is C=CC1(OCP(OCC)OCC)CC(O)C(n2cnc3c(N)ncnc32)O1. The molecule has 0 amide bonds. The lowest BCUT2D eigenvalue weighted by Crippen LogP contribution is -2.30. The predicted molar refractivity (Wildman–Crippen MR) is 99.5 cm³/mol. The number of hydrogen-bond donors (Lipinski definition) is 2. The smallest absolute Gasteiger partial charge is 0.198 e. The molecular weight excluding hydrogens is 373 g/mol. The molecule has 3 heterocycles. The van der Waals surface area contributed by atoms with E-state index in [2.05, 4.69) is 21.5 Å². The van der Waals surface area contributed by atoms with E-state index in [0.717, 1.165) is 0 Å². The molecule has 3 rings (SSSR count). The van der Waals surface area contributed by atoms with Crippen molar-refractivity contribution in [3.63, 3.8) is 0 Å². The van der Waals surface area contributed by atoms with E-state index < -0.39 is 26.5 Å². The van der Waals surface area contributed by atoms with E-state index in [1.54, 1.807) is 4.57 Å². The number of nitrogens with two attached hydrogens (primary N) is 1. The maximum atomic E-state index is 10.6. The number of anilines is 1. The molecule has 2 aromatic rings. The molecule has 0 bridgehead atoms. The summed E-state index contributed by atoms with van der Waals surface area (Å²) in [5, 5.41) is 10.6. The molecule has 0 radical (unpaired) electrons. The molecule has 3 N–H and O–H groups in total. The zero-order valence-electron chi connectivity index (χ0n) is 15.3. The first kappa shape index (κ1) is 20.1. The van der Waals surface area contributed by atoms with Gasteiger partial charge in [-0.25, -0.2) is 15.0 Å². The van der Waals surface area contributed by atoms with Crippen molar-refractivity contribution in [2.24, 2.45) is 0 Å². The Morgan fingerprint density at radius 3 is 2.81 bits per heavy atom. The van der Waals surface area contributed by atoms with Crippen molar-refractivity contribution in [3.8, 4) is 0 Å². The van der Waals surface area contributed by atoms with Gasteiger partial charge in [0.25, 0.3) is 0 Å². The van der Waals surface area contributed by atoms with Gasteiger partial charge in [-0.2, -0.15) is 0 Å². The first-order chi connectivity index (χ1) is 13.0. The van der Waals surface area contributed by atoms with Crippen molar-refractivity contribution in [1.82, 2.24) is 19.5 Å². The van der Waals surface area contributed by atoms with Crippen molar-refractivity contribution < 1.29 is 23.6 Å². The maximum Gasteiger partial charge on any atom is 0.198 e. The quantitative estimate of drug-likeness (QED) is 0.482. The summed E-state index contributed by atoms with van der Waals surface area (Å²) in [5.74, 6) is -0.912. The predicted octanol–water partition coefficient (Wildman–Crippen LogP) is 1.93. The molecule has 27 heavy (non-hydrogen) atoms. The van der Waals surface area contributed by atoms with Gasteiger partial charge in [0, 0.05) is 6.42 Å². The van der Waals surface area contributed by atoms with E-state index in [0.29, 0.717) is 24.4 Å². The summed E-state index contributed by atoms with van der Waals surface area (Å²) in [5.41, 5.74) is 6.74. The van der Waals surface area contributed by atoms with Gasteiger partial charge in [-0.3, -0.25) is 4.57 Å². The highest BCUT2D eigenvalue weighted by atomic mass is 31.2. The summed E-state index contributed by atoms with van der Waals surface area (Å²) in [6.45, 7) is 8.62. The zero-order chi connectivity index (χ0) is 19.4. The lowest BCUT2D eigenvalue weighted by atomic mass is 10.1. The third kappa shape index (κ3) is 4.11. The second kappa shape index (κ2) is 8.55. The molecule has 10 nitrogen and oxygen atoms in total. The summed E-state index contributed by atoms with van der Waals surface area (Å²) >= 11 is 0. The van der Waals surface area contributed by atoms with Gasteiger partial charge in [0.15, 0.2) is 31.9 Å². The molecule has 1 fully saturated rings. The Bertz CT molecular complexity index is 784. The third-order valence-electron chi connectivity index (χ3n) is 4.08. The van der Waals surface area contributed by atoms with Gasteiger partial charge in [0.05, 0.1) is 19.5 Å². The molecule has 0 aliphatic carbocycles. The monoisotopic (exact) mass is 397 g/mol. The number of ether oxygens (including phenoxy) is 2. The first-order valence-corrected chi connectivity index (χ1v) is 9.99. The molecule has 11 heteroatoms. The molecule has 1 aliphatic heterocycles. The van der Waals surface area contributed by atoms with Crippen molar-refractivity contribution in [2.45, 2.75) is 38.4 Å². The Hall–Kier alpha value is -1.68. The fraction of sp³-hybridized carbons (Fsp3) is 0.562. The van der Waals surface area contributed by atoms with Crippen LogP contribution < -0.4 is 5.73 Å². The molecule has 0 aromatic carbocycles. The number of aliphatic hydroxyl groups excluding tert-OH is 1. The van der Waals surface area contributed by atoms with Crippen molar-refractivity contribution >= 4 is 25.4 Å². The molecule has 0 saturated carbocycles. The van der Waals surface area contributed by atoms with E-state index in [1.807, 2.05) is 13.8 Å². The van der Waals surface area contributed by atoms with E-state index in [-0.39, 0.29) is 18.6 Å². The summed E-state index contributed by atoms with van der Waals surface area (Å²) in [6, 6.07) is 0. The zero-order valence-corrected chi connectivity index (χ0v) is 16.2. The number of nitrogens with zero attached hydrogens (tertiary/aromatic N) is 4. The molecule has 2 aromatic heterocycles. The van der Waals surface area contributed by atoms with Gasteiger partial charge in [-0.1, -0.05) is 6.58 Å². The molecule has 0 spiro atoms. The van der Waals surface area contributed by atoms with Gasteiger partial charge in [0.2, 0.25) is 0 Å². The first-order valence-electron chi connectivity index (χ1n) is 8.63. The highest BCUT2D eigenvalue weighted by Gasteiger charge is 2.47. The minimum absolute atomic E-state index is 0.197. The van der Waals surface area contributed by atoms with Crippen molar-refractivity contribution in [2.75, 3.05) is 25.3 Å². The van der Waals surface area contributed by atoms with Crippen molar-refractivity contribution in [3.05, 3.63) is 25.3 Å². The normalized spacial score (nSPS) is 25.5. The van der Waals surface area contributed by atoms with Crippen LogP contribution in [0.4, 0.5) is 5.82 Å². The highest BCUT2D eigenvalue weighted by Crippen LogP contribution is 2.44. The maximum absolute atomic E-state index is 10.6. The van der Waals surface area contributed by atoms with E-state index in [9.17, 15) is 5.11 Å². The number of fused-ring (bicyclic) bond motifs is 1. The van der Waals surface area contributed by atoms with Gasteiger partial charge in [0.1, 0.15) is 24.3 Å². The van der Waals surface area contributed by atoms with E-state index in [1.165, 1.54) is 18.7 Å². The Morgan fingerprint density at radius 1 is 1.41 bits per heavy atom. The van der Waals surface area contributed by atoms with Crippen LogP contribution in [0.5, 0.6) is 0 Å². The van der Waals surface area contributed by atoms with E-state index in [4.69, 9.17) is 24.3 Å². The summed E-state index contributed by atoms with van der Waals surface area (Å²) < 4.78 is 24.7. The van der Waals surface area contributed by atoms with Crippen LogP contribution in [0.25, 0.3) is 11.2 Å². The van der Waals surface area contributed by atoms with Crippen LogP contribution in [-0.4, -0.2) is 56.1 Å². The number of imidazole rings is 1. The molecular formula is C16H24N5O5P. The lowest BCUT2D eigenvalue weighted by molar-refractivity contribution is -0.200. The number of hydrogen-bond acceptors (Lipinski definition) is 9. The average Bonchev–Trinajstić information content (AvgIpc) is 3.22. The van der Waals surface area contributed by atoms with E-state index >= 15 is 0 Å². The largest absolute Gasteiger partial charge is 0.388 e. The van der Waals surface area contributed by atoms with Crippen LogP contribution in [0.15, 0.2) is 25.3 Å². The average molecular weight is 397 g/mol. The van der Waals surface area contributed by atoms with Crippen molar-refractivity contribution in [1.29, 1.82) is 0 Å². The fourth-order valence-corrected chi connectivity index (χ4v) is 3.99. The second-order valence-electron chi connectivity index (χ2n) is 5.82. The number of aliphatic hydroxyl groups is 1. The molecule has 1 saturated heterocycles. The third-order valence-corrected chi connectivity index (χ3v) is 5.51. The van der Waals surface area contributed by atoms with Crippen LogP contribution >= 0.6 is 8.38 Å². The van der Waals surface area contributed by atoms with Gasteiger partial charge in [-0.05, 0) is 19.9 Å². The fourth-order valence-electron chi connectivity index (χ4n) is 2.87. The van der Waals surface area contributed by atoms with Gasteiger partial charge < -0.3 is 29.4 Å². The summed E-state index contributed by atoms with van der Waals surface area (Å²) in [6.07, 6.45) is 3.16. The van der Waals surface area contributed by atoms with Crippen LogP contribution in [0.3, 0.4) is 0 Å². The Labute approximate surface area is 158 Å². The second-order valence-corrected chi connectivity index (χ2v) is 7.26. The van der Waals surface area contributed by atoms with Crippen LogP contribution in [0.1, 0.15) is 26.5 Å². The minimum Gasteiger partial charge on any atom is -0.388 e. The lowest BCUT2D eigenvalue weighted by Gasteiger charge is -2.27. The Balaban J connectivity index is 1.78. The number of aromatic nitrogens is 4. The summed E-state index contributed by atoms with van der Waals surface area (Å²) in [7, 11) is -1.21.